The molecule has 4 heteroatoms. The van der Waals surface area contributed by atoms with Crippen molar-refractivity contribution in [2.24, 2.45) is 5.92 Å². The van der Waals surface area contributed by atoms with Crippen LogP contribution in [0.1, 0.15) is 43.8 Å². The van der Waals surface area contributed by atoms with Crippen LogP contribution in [0.2, 0.25) is 0 Å². The van der Waals surface area contributed by atoms with Gasteiger partial charge in [-0.1, -0.05) is 12.8 Å². The van der Waals surface area contributed by atoms with E-state index < -0.39 is 11.9 Å². The minimum atomic E-state index is -0.994. The lowest BCUT2D eigenvalue weighted by atomic mass is 9.92. The van der Waals surface area contributed by atoms with Gasteiger partial charge in [-0.25, -0.2) is 0 Å². The second-order valence-electron chi connectivity index (χ2n) is 4.56. The molecule has 1 N–H and O–H groups in total. The van der Waals surface area contributed by atoms with Crippen molar-refractivity contribution in [2.75, 3.05) is 0 Å². The number of ketones is 1. The predicted molar refractivity (Wildman–Crippen MR) is 60.7 cm³/mol. The van der Waals surface area contributed by atoms with E-state index in [0.29, 0.717) is 5.76 Å². The molecule has 1 aromatic rings. The molecule has 1 aromatic heterocycles. The van der Waals surface area contributed by atoms with Gasteiger partial charge in [-0.15, -0.1) is 0 Å². The summed E-state index contributed by atoms with van der Waals surface area (Å²) in [7, 11) is 0. The summed E-state index contributed by atoms with van der Waals surface area (Å²) in [6.07, 6.45) is 5.45. The third kappa shape index (κ3) is 2.75. The van der Waals surface area contributed by atoms with Gasteiger partial charge in [0.1, 0.15) is 17.5 Å². The Bertz CT molecular complexity index is 388. The Morgan fingerprint density at radius 1 is 1.41 bits per heavy atom. The fourth-order valence-electron chi connectivity index (χ4n) is 2.41. The average Bonchev–Trinajstić information content (AvgIpc) is 2.97. The zero-order valence-corrected chi connectivity index (χ0v) is 9.59. The van der Waals surface area contributed by atoms with Crippen molar-refractivity contribution in [1.29, 1.82) is 0 Å². The summed E-state index contributed by atoms with van der Waals surface area (Å²) in [5.41, 5.74) is 0. The topological polar surface area (TPSA) is 67.5 Å². The van der Waals surface area contributed by atoms with Crippen molar-refractivity contribution in [3.8, 4) is 0 Å². The first-order chi connectivity index (χ1) is 8.18. The van der Waals surface area contributed by atoms with Gasteiger partial charge in [-0.05, 0) is 25.0 Å². The smallest absolute Gasteiger partial charge is 0.314 e. The molecule has 1 fully saturated rings. The molecule has 1 unspecified atom stereocenters. The zero-order chi connectivity index (χ0) is 12.3. The van der Waals surface area contributed by atoms with Gasteiger partial charge in [0.15, 0.2) is 0 Å². The van der Waals surface area contributed by atoms with E-state index in [-0.39, 0.29) is 18.1 Å². The molecule has 17 heavy (non-hydrogen) atoms. The molecule has 0 aromatic carbocycles. The number of hydrogen-bond donors (Lipinski definition) is 1. The lowest BCUT2D eigenvalue weighted by molar-refractivity contribution is -0.141. The minimum absolute atomic E-state index is 0.0491. The van der Waals surface area contributed by atoms with E-state index in [1.807, 2.05) is 0 Å². The molecule has 0 aliphatic heterocycles. The Balaban J connectivity index is 2.03. The Labute approximate surface area is 99.6 Å². The third-order valence-electron chi connectivity index (χ3n) is 3.40. The summed E-state index contributed by atoms with van der Waals surface area (Å²) in [6, 6.07) is 3.26. The Kier molecular flexibility index (Phi) is 3.61. The lowest BCUT2D eigenvalue weighted by Crippen LogP contribution is -2.19. The number of rotatable bonds is 5. The highest BCUT2D eigenvalue weighted by Gasteiger charge is 2.30. The van der Waals surface area contributed by atoms with E-state index in [0.717, 1.165) is 25.7 Å². The van der Waals surface area contributed by atoms with Gasteiger partial charge in [0.25, 0.3) is 0 Å². The maximum absolute atomic E-state index is 12.0. The number of hydrogen-bond acceptors (Lipinski definition) is 3. The molecular formula is C13H16O4. The van der Waals surface area contributed by atoms with E-state index in [1.54, 1.807) is 12.1 Å². The van der Waals surface area contributed by atoms with Crippen molar-refractivity contribution in [3.63, 3.8) is 0 Å². The van der Waals surface area contributed by atoms with Crippen LogP contribution >= 0.6 is 0 Å². The Hall–Kier alpha value is -1.58. The average molecular weight is 236 g/mol. The predicted octanol–water partition coefficient (Wildman–Crippen LogP) is 2.60. The first-order valence-electron chi connectivity index (χ1n) is 5.97. The normalized spacial score (nSPS) is 18.1. The first kappa shape index (κ1) is 11.9. The summed E-state index contributed by atoms with van der Waals surface area (Å²) in [6.45, 7) is 0. The molecule has 1 aliphatic rings. The summed E-state index contributed by atoms with van der Waals surface area (Å²) < 4.78 is 5.09. The van der Waals surface area contributed by atoms with Crippen LogP contribution in [0.25, 0.3) is 0 Å². The number of furan rings is 1. The van der Waals surface area contributed by atoms with Gasteiger partial charge in [0.05, 0.1) is 6.26 Å². The highest BCUT2D eigenvalue weighted by molar-refractivity contribution is 5.88. The molecule has 92 valence electrons. The second-order valence-corrected chi connectivity index (χ2v) is 4.56. The first-order valence-corrected chi connectivity index (χ1v) is 5.97. The molecule has 4 nitrogen and oxygen atoms in total. The van der Waals surface area contributed by atoms with E-state index in [2.05, 4.69) is 0 Å². The molecule has 0 amide bonds. The second kappa shape index (κ2) is 5.17. The van der Waals surface area contributed by atoms with Gasteiger partial charge >= 0.3 is 5.97 Å². The van der Waals surface area contributed by atoms with Crippen molar-refractivity contribution >= 4 is 11.8 Å². The van der Waals surface area contributed by atoms with Crippen LogP contribution in [0.3, 0.4) is 0 Å². The van der Waals surface area contributed by atoms with Crippen LogP contribution in [0.5, 0.6) is 0 Å². The van der Waals surface area contributed by atoms with E-state index in [9.17, 15) is 9.59 Å². The molecule has 0 spiro atoms. The summed E-state index contributed by atoms with van der Waals surface area (Å²) in [5, 5.41) is 9.12. The molecule has 0 bridgehead atoms. The summed E-state index contributed by atoms with van der Waals surface area (Å²) in [5.74, 6) is -1.34. The van der Waals surface area contributed by atoms with E-state index in [4.69, 9.17) is 9.52 Å². The molecular weight excluding hydrogens is 220 g/mol. The Morgan fingerprint density at radius 2 is 2.12 bits per heavy atom. The van der Waals surface area contributed by atoms with Crippen molar-refractivity contribution in [1.82, 2.24) is 0 Å². The summed E-state index contributed by atoms with van der Waals surface area (Å²) in [4.78, 5) is 23.1. The number of carboxylic acid groups (broad SMARTS) is 1. The van der Waals surface area contributed by atoms with Crippen molar-refractivity contribution in [2.45, 2.75) is 38.0 Å². The molecule has 2 rings (SSSR count). The molecule has 0 radical (unpaired) electrons. The quantitative estimate of drug-likeness (QED) is 0.853. The Morgan fingerprint density at radius 3 is 2.65 bits per heavy atom. The maximum atomic E-state index is 12.0. The van der Waals surface area contributed by atoms with Crippen LogP contribution < -0.4 is 0 Å². The number of carboxylic acids is 1. The minimum Gasteiger partial charge on any atom is -0.481 e. The maximum Gasteiger partial charge on any atom is 0.314 e. The SMILES string of the molecule is O=C(CC(C(=O)O)c1ccco1)C1CCCC1. The fraction of sp³-hybridized carbons (Fsp3) is 0.538. The van der Waals surface area contributed by atoms with Gasteiger partial charge in [0, 0.05) is 12.3 Å². The largest absolute Gasteiger partial charge is 0.481 e. The van der Waals surface area contributed by atoms with Crippen LogP contribution in [-0.2, 0) is 9.59 Å². The van der Waals surface area contributed by atoms with Gasteiger partial charge in [0.2, 0.25) is 0 Å². The monoisotopic (exact) mass is 236 g/mol. The third-order valence-corrected chi connectivity index (χ3v) is 3.40. The van der Waals surface area contributed by atoms with Crippen molar-refractivity contribution < 1.29 is 19.1 Å². The molecule has 1 aliphatic carbocycles. The molecule has 1 atom stereocenters. The highest BCUT2D eigenvalue weighted by Crippen LogP contribution is 2.30. The molecule has 1 saturated carbocycles. The molecule has 0 saturated heterocycles. The van der Waals surface area contributed by atoms with E-state index >= 15 is 0 Å². The van der Waals surface area contributed by atoms with Crippen LogP contribution in [0.15, 0.2) is 22.8 Å². The molecule has 1 heterocycles. The van der Waals surface area contributed by atoms with Crippen molar-refractivity contribution in [3.05, 3.63) is 24.2 Å². The fourth-order valence-corrected chi connectivity index (χ4v) is 2.41. The van der Waals surface area contributed by atoms with Gasteiger partial charge < -0.3 is 9.52 Å². The van der Waals surface area contributed by atoms with Gasteiger partial charge in [-0.3, -0.25) is 9.59 Å². The number of aliphatic carboxylic acids is 1. The number of Topliss-reactive ketones (excluding diaryl/α,β-unsaturated/α-hetero) is 1. The highest BCUT2D eigenvalue weighted by atomic mass is 16.4. The summed E-state index contributed by atoms with van der Waals surface area (Å²) >= 11 is 0. The van der Waals surface area contributed by atoms with Crippen LogP contribution in [0.4, 0.5) is 0 Å². The van der Waals surface area contributed by atoms with E-state index in [1.165, 1.54) is 6.26 Å². The standard InChI is InChI=1S/C13H16O4/c14-11(9-4-1-2-5-9)8-10(13(15)16)12-6-3-7-17-12/h3,6-7,9-10H,1-2,4-5,8H2,(H,15,16). The van der Waals surface area contributed by atoms with Gasteiger partial charge in [-0.2, -0.15) is 0 Å². The zero-order valence-electron chi connectivity index (χ0n) is 9.59. The number of carbonyl (C=O) groups is 2. The lowest BCUT2D eigenvalue weighted by Gasteiger charge is -2.12. The number of carbonyl (C=O) groups excluding carboxylic acids is 1. The van der Waals surface area contributed by atoms with Crippen LogP contribution in [0, 0.1) is 5.92 Å². The van der Waals surface area contributed by atoms with Crippen LogP contribution in [-0.4, -0.2) is 16.9 Å².